The summed E-state index contributed by atoms with van der Waals surface area (Å²) in [5.74, 6) is 0.375. The minimum atomic E-state index is -0.246. The third kappa shape index (κ3) is 3.01. The molecule has 0 fully saturated rings. The van der Waals surface area contributed by atoms with E-state index in [1.165, 1.54) is 0 Å². The molecule has 2 rings (SSSR count). The van der Waals surface area contributed by atoms with Crippen molar-refractivity contribution in [2.45, 2.75) is 13.5 Å². The topological polar surface area (TPSA) is 79.8 Å². The van der Waals surface area contributed by atoms with Crippen LogP contribution in [-0.2, 0) is 6.54 Å². The van der Waals surface area contributed by atoms with E-state index in [1.54, 1.807) is 30.5 Å². The van der Waals surface area contributed by atoms with E-state index in [-0.39, 0.29) is 5.91 Å². The molecule has 7 heteroatoms. The van der Waals surface area contributed by atoms with Crippen molar-refractivity contribution in [2.24, 2.45) is 0 Å². The molecular formula is C11H13N5OS. The molecule has 0 spiro atoms. The number of aryl methyl sites for hydroxylation is 1. The molecule has 1 amide bonds. The maximum absolute atomic E-state index is 11.3. The SMILES string of the molecule is CNC(=O)c1ccc(NCc2nc(C)cs2)nn1. The lowest BCUT2D eigenvalue weighted by Crippen LogP contribution is -2.19. The summed E-state index contributed by atoms with van der Waals surface area (Å²) in [6, 6.07) is 3.35. The second-order valence-electron chi connectivity index (χ2n) is 3.62. The first-order valence-electron chi connectivity index (χ1n) is 5.39. The predicted octanol–water partition coefficient (Wildman–Crippen LogP) is 1.21. The van der Waals surface area contributed by atoms with Crippen LogP contribution in [0, 0.1) is 6.92 Å². The average Bonchev–Trinajstić information content (AvgIpc) is 2.82. The van der Waals surface area contributed by atoms with Gasteiger partial charge in [-0.15, -0.1) is 21.5 Å². The number of aromatic nitrogens is 3. The maximum Gasteiger partial charge on any atom is 0.271 e. The highest BCUT2D eigenvalue weighted by Gasteiger charge is 2.05. The maximum atomic E-state index is 11.3. The van der Waals surface area contributed by atoms with Gasteiger partial charge in [-0.2, -0.15) is 0 Å². The van der Waals surface area contributed by atoms with Crippen molar-refractivity contribution in [2.75, 3.05) is 12.4 Å². The first-order valence-corrected chi connectivity index (χ1v) is 6.27. The Bertz CT molecular complexity index is 537. The number of nitrogens with zero attached hydrogens (tertiary/aromatic N) is 3. The van der Waals surface area contributed by atoms with E-state index in [9.17, 15) is 4.79 Å². The molecule has 0 aromatic carbocycles. The first-order chi connectivity index (χ1) is 8.69. The lowest BCUT2D eigenvalue weighted by Gasteiger charge is -2.03. The number of nitrogens with one attached hydrogen (secondary N) is 2. The van der Waals surface area contributed by atoms with Crippen LogP contribution in [-0.4, -0.2) is 28.1 Å². The molecule has 2 heterocycles. The molecule has 18 heavy (non-hydrogen) atoms. The van der Waals surface area contributed by atoms with E-state index in [2.05, 4.69) is 25.8 Å². The van der Waals surface area contributed by atoms with Gasteiger partial charge < -0.3 is 10.6 Å². The quantitative estimate of drug-likeness (QED) is 0.866. The zero-order valence-corrected chi connectivity index (χ0v) is 10.9. The van der Waals surface area contributed by atoms with Crippen molar-refractivity contribution in [1.29, 1.82) is 0 Å². The third-order valence-electron chi connectivity index (χ3n) is 2.21. The second kappa shape index (κ2) is 5.54. The van der Waals surface area contributed by atoms with E-state index >= 15 is 0 Å². The van der Waals surface area contributed by atoms with Crippen LogP contribution in [0.2, 0.25) is 0 Å². The lowest BCUT2D eigenvalue weighted by atomic mass is 10.3. The summed E-state index contributed by atoms with van der Waals surface area (Å²) >= 11 is 1.59. The van der Waals surface area contributed by atoms with Gasteiger partial charge in [-0.05, 0) is 19.1 Å². The Labute approximate surface area is 108 Å². The smallest absolute Gasteiger partial charge is 0.271 e. The summed E-state index contributed by atoms with van der Waals surface area (Å²) in [6.07, 6.45) is 0. The summed E-state index contributed by atoms with van der Waals surface area (Å²) < 4.78 is 0. The van der Waals surface area contributed by atoms with Gasteiger partial charge in [-0.1, -0.05) is 0 Å². The zero-order chi connectivity index (χ0) is 13.0. The van der Waals surface area contributed by atoms with Gasteiger partial charge in [0.2, 0.25) is 0 Å². The van der Waals surface area contributed by atoms with Crippen molar-refractivity contribution in [3.63, 3.8) is 0 Å². The molecule has 6 nitrogen and oxygen atoms in total. The van der Waals surface area contributed by atoms with E-state index in [4.69, 9.17) is 0 Å². The fourth-order valence-electron chi connectivity index (χ4n) is 1.33. The molecule has 0 radical (unpaired) electrons. The normalized spacial score (nSPS) is 10.1. The van der Waals surface area contributed by atoms with Gasteiger partial charge in [0.1, 0.15) is 10.8 Å². The summed E-state index contributed by atoms with van der Waals surface area (Å²) in [6.45, 7) is 2.56. The van der Waals surface area contributed by atoms with Gasteiger partial charge >= 0.3 is 0 Å². The molecule has 0 aliphatic heterocycles. The van der Waals surface area contributed by atoms with Gasteiger partial charge in [0, 0.05) is 18.1 Å². The molecule has 94 valence electrons. The highest BCUT2D eigenvalue weighted by atomic mass is 32.1. The van der Waals surface area contributed by atoms with Crippen molar-refractivity contribution >= 4 is 23.1 Å². The standard InChI is InChI=1S/C11H13N5OS/c1-7-6-18-10(14-7)5-13-9-4-3-8(15-16-9)11(17)12-2/h3-4,6H,5H2,1-2H3,(H,12,17)(H,13,16). The van der Waals surface area contributed by atoms with Crippen LogP contribution in [0.25, 0.3) is 0 Å². The van der Waals surface area contributed by atoms with Crippen LogP contribution in [0.15, 0.2) is 17.5 Å². The van der Waals surface area contributed by atoms with E-state index in [0.717, 1.165) is 10.7 Å². The average molecular weight is 263 g/mol. The van der Waals surface area contributed by atoms with Crippen LogP contribution in [0.5, 0.6) is 0 Å². The Hall–Kier alpha value is -2.02. The molecule has 2 aromatic rings. The molecule has 0 atom stereocenters. The summed E-state index contributed by atoms with van der Waals surface area (Å²) in [5.41, 5.74) is 1.31. The zero-order valence-electron chi connectivity index (χ0n) is 10.1. The highest BCUT2D eigenvalue weighted by Crippen LogP contribution is 2.10. The van der Waals surface area contributed by atoms with E-state index in [0.29, 0.717) is 18.1 Å². The summed E-state index contributed by atoms with van der Waals surface area (Å²) in [7, 11) is 1.56. The number of amides is 1. The molecule has 2 N–H and O–H groups in total. The van der Waals surface area contributed by atoms with Crippen LogP contribution in [0.3, 0.4) is 0 Å². The van der Waals surface area contributed by atoms with Gasteiger partial charge in [0.25, 0.3) is 5.91 Å². The third-order valence-corrected chi connectivity index (χ3v) is 3.18. The highest BCUT2D eigenvalue weighted by molar-refractivity contribution is 7.09. The van der Waals surface area contributed by atoms with Crippen molar-refractivity contribution in [3.05, 3.63) is 33.9 Å². The Morgan fingerprint density at radius 1 is 1.39 bits per heavy atom. The summed E-state index contributed by atoms with van der Waals surface area (Å²) in [5, 5.41) is 16.3. The molecule has 2 aromatic heterocycles. The second-order valence-corrected chi connectivity index (χ2v) is 4.56. The Kier molecular flexibility index (Phi) is 3.83. The molecule has 0 unspecified atom stereocenters. The van der Waals surface area contributed by atoms with Crippen LogP contribution in [0.4, 0.5) is 5.82 Å². The van der Waals surface area contributed by atoms with Gasteiger partial charge in [-0.3, -0.25) is 4.79 Å². The Balaban J connectivity index is 1.96. The van der Waals surface area contributed by atoms with Crippen LogP contribution < -0.4 is 10.6 Å². The van der Waals surface area contributed by atoms with Crippen LogP contribution in [0.1, 0.15) is 21.2 Å². The largest absolute Gasteiger partial charge is 0.362 e. The molecular weight excluding hydrogens is 250 g/mol. The number of rotatable bonds is 4. The van der Waals surface area contributed by atoms with Gasteiger partial charge in [0.15, 0.2) is 5.69 Å². The Morgan fingerprint density at radius 3 is 2.78 bits per heavy atom. The number of hydrogen-bond donors (Lipinski definition) is 2. The van der Waals surface area contributed by atoms with Crippen molar-refractivity contribution < 1.29 is 4.79 Å². The van der Waals surface area contributed by atoms with Gasteiger partial charge in [0.05, 0.1) is 6.54 Å². The molecule has 0 bridgehead atoms. The van der Waals surface area contributed by atoms with E-state index < -0.39 is 0 Å². The Morgan fingerprint density at radius 2 is 2.22 bits per heavy atom. The number of carbonyl (C=O) groups excluding carboxylic acids is 1. The fourth-order valence-corrected chi connectivity index (χ4v) is 2.04. The minimum absolute atomic E-state index is 0.246. The minimum Gasteiger partial charge on any atom is -0.362 e. The van der Waals surface area contributed by atoms with Crippen LogP contribution >= 0.6 is 11.3 Å². The number of hydrogen-bond acceptors (Lipinski definition) is 6. The van der Waals surface area contributed by atoms with E-state index in [1.807, 2.05) is 12.3 Å². The monoisotopic (exact) mass is 263 g/mol. The number of thiazole rings is 1. The number of anilines is 1. The molecule has 0 aliphatic rings. The van der Waals surface area contributed by atoms with Crippen molar-refractivity contribution in [1.82, 2.24) is 20.5 Å². The van der Waals surface area contributed by atoms with Gasteiger partial charge in [-0.25, -0.2) is 4.98 Å². The fraction of sp³-hybridized carbons (Fsp3) is 0.273. The molecule has 0 saturated heterocycles. The first kappa shape index (κ1) is 12.4. The van der Waals surface area contributed by atoms with Crippen molar-refractivity contribution in [3.8, 4) is 0 Å². The molecule has 0 aliphatic carbocycles. The number of carbonyl (C=O) groups is 1. The summed E-state index contributed by atoms with van der Waals surface area (Å²) in [4.78, 5) is 15.6. The molecule has 0 saturated carbocycles. The lowest BCUT2D eigenvalue weighted by molar-refractivity contribution is 0.0957. The predicted molar refractivity (Wildman–Crippen MR) is 69.6 cm³/mol.